The molecule has 0 aliphatic heterocycles. The molecule has 0 aromatic rings. The van der Waals surface area contributed by atoms with Gasteiger partial charge < -0.3 is 0 Å². The number of rotatable bonds is 2. The van der Waals surface area contributed by atoms with E-state index in [1.807, 2.05) is 0 Å². The molecule has 0 fully saturated rings. The van der Waals surface area contributed by atoms with Crippen LogP contribution in [0.25, 0.3) is 0 Å². The van der Waals surface area contributed by atoms with Crippen molar-refractivity contribution in [1.82, 2.24) is 0 Å². The molecule has 0 bridgehead atoms. The molecule has 0 heterocycles. The molecule has 76 valence electrons. The molecule has 0 saturated heterocycles. The van der Waals surface area contributed by atoms with Crippen LogP contribution in [-0.2, 0) is 0 Å². The minimum atomic E-state index is 0.456. The Labute approximate surface area is 83.4 Å². The minimum Gasteiger partial charge on any atom is -0.0850 e. The average Bonchev–Trinajstić information content (AvgIpc) is 2.05. The second-order valence-electron chi connectivity index (χ2n) is 5.35. The van der Waals surface area contributed by atoms with Gasteiger partial charge in [0.15, 0.2) is 0 Å². The molecule has 1 aliphatic rings. The largest absolute Gasteiger partial charge is 0.0850 e. The average molecular weight is 180 g/mol. The third-order valence-electron chi connectivity index (χ3n) is 3.23. The van der Waals surface area contributed by atoms with Crippen LogP contribution in [0.1, 0.15) is 59.8 Å². The van der Waals surface area contributed by atoms with E-state index in [0.717, 1.165) is 5.92 Å². The first kappa shape index (κ1) is 10.8. The van der Waals surface area contributed by atoms with Crippen molar-refractivity contribution >= 4 is 0 Å². The van der Waals surface area contributed by atoms with Gasteiger partial charge in [0.2, 0.25) is 0 Å². The zero-order valence-corrected chi connectivity index (χ0v) is 9.69. The maximum absolute atomic E-state index is 2.50. The summed E-state index contributed by atoms with van der Waals surface area (Å²) in [5, 5.41) is 0. The Kier molecular flexibility index (Phi) is 3.58. The first-order valence-corrected chi connectivity index (χ1v) is 5.74. The molecule has 0 saturated carbocycles. The standard InChI is InChI=1S/C13H24/c1-5-12(13(2,3)4)11-9-7-6-8-10-11/h9,12H,5-8,10H2,1-4H3. The Hall–Kier alpha value is -0.260. The van der Waals surface area contributed by atoms with Gasteiger partial charge >= 0.3 is 0 Å². The maximum Gasteiger partial charge on any atom is -0.0157 e. The molecule has 0 aromatic heterocycles. The lowest BCUT2D eigenvalue weighted by molar-refractivity contribution is 0.263. The van der Waals surface area contributed by atoms with Gasteiger partial charge in [0, 0.05) is 0 Å². The molecule has 0 radical (unpaired) electrons. The van der Waals surface area contributed by atoms with Gasteiger partial charge in [-0.3, -0.25) is 0 Å². The topological polar surface area (TPSA) is 0 Å². The van der Waals surface area contributed by atoms with Crippen molar-refractivity contribution in [2.24, 2.45) is 11.3 Å². The summed E-state index contributed by atoms with van der Waals surface area (Å²) in [6.07, 6.45) is 9.30. The van der Waals surface area contributed by atoms with Crippen LogP contribution in [0.3, 0.4) is 0 Å². The second-order valence-corrected chi connectivity index (χ2v) is 5.35. The molecule has 13 heavy (non-hydrogen) atoms. The smallest absolute Gasteiger partial charge is 0.0157 e. The highest BCUT2D eigenvalue weighted by molar-refractivity contribution is 5.11. The van der Waals surface area contributed by atoms with Crippen molar-refractivity contribution in [3.63, 3.8) is 0 Å². The van der Waals surface area contributed by atoms with Crippen LogP contribution >= 0.6 is 0 Å². The zero-order chi connectivity index (χ0) is 9.90. The monoisotopic (exact) mass is 180 g/mol. The molecular formula is C13H24. The third kappa shape index (κ3) is 2.86. The fourth-order valence-electron chi connectivity index (χ4n) is 2.61. The molecule has 0 heteroatoms. The third-order valence-corrected chi connectivity index (χ3v) is 3.23. The maximum atomic E-state index is 2.50. The summed E-state index contributed by atoms with van der Waals surface area (Å²) in [5.41, 5.74) is 2.19. The van der Waals surface area contributed by atoms with Crippen molar-refractivity contribution in [1.29, 1.82) is 0 Å². The second kappa shape index (κ2) is 4.30. The fourth-order valence-corrected chi connectivity index (χ4v) is 2.61. The van der Waals surface area contributed by atoms with Gasteiger partial charge in [-0.15, -0.1) is 0 Å². The summed E-state index contributed by atoms with van der Waals surface area (Å²) in [6, 6.07) is 0. The van der Waals surface area contributed by atoms with Crippen molar-refractivity contribution in [3.8, 4) is 0 Å². The van der Waals surface area contributed by atoms with Crippen molar-refractivity contribution < 1.29 is 0 Å². The van der Waals surface area contributed by atoms with E-state index >= 15 is 0 Å². The van der Waals surface area contributed by atoms with E-state index in [-0.39, 0.29) is 0 Å². The summed E-state index contributed by atoms with van der Waals surface area (Å²) in [4.78, 5) is 0. The van der Waals surface area contributed by atoms with Crippen LogP contribution in [0.15, 0.2) is 11.6 Å². The van der Waals surface area contributed by atoms with E-state index in [0.29, 0.717) is 5.41 Å². The van der Waals surface area contributed by atoms with Gasteiger partial charge in [0.05, 0.1) is 0 Å². The van der Waals surface area contributed by atoms with Crippen LogP contribution in [0.2, 0.25) is 0 Å². The molecule has 1 atom stereocenters. The molecule has 1 unspecified atom stereocenters. The Balaban J connectivity index is 2.70. The molecular weight excluding hydrogens is 156 g/mol. The van der Waals surface area contributed by atoms with Gasteiger partial charge in [0.25, 0.3) is 0 Å². The Bertz CT molecular complexity index is 181. The van der Waals surface area contributed by atoms with Crippen LogP contribution < -0.4 is 0 Å². The highest BCUT2D eigenvalue weighted by atomic mass is 14.3. The number of allylic oxidation sites excluding steroid dienone is 2. The molecule has 0 spiro atoms. The molecule has 1 rings (SSSR count). The first-order chi connectivity index (χ1) is 6.05. The Morgan fingerprint density at radius 2 is 2.00 bits per heavy atom. The van der Waals surface area contributed by atoms with Gasteiger partial charge in [0.1, 0.15) is 0 Å². The van der Waals surface area contributed by atoms with Crippen LogP contribution in [0.5, 0.6) is 0 Å². The zero-order valence-electron chi connectivity index (χ0n) is 9.69. The lowest BCUT2D eigenvalue weighted by Crippen LogP contribution is -2.22. The predicted octanol–water partition coefficient (Wildman–Crippen LogP) is 4.56. The van der Waals surface area contributed by atoms with E-state index in [9.17, 15) is 0 Å². The molecule has 1 aliphatic carbocycles. The number of hydrogen-bond acceptors (Lipinski definition) is 0. The van der Waals surface area contributed by atoms with Crippen LogP contribution in [-0.4, -0.2) is 0 Å². The molecule has 0 N–H and O–H groups in total. The SMILES string of the molecule is CCC(C1=CCCCC1)C(C)(C)C. The summed E-state index contributed by atoms with van der Waals surface area (Å²) >= 11 is 0. The minimum absolute atomic E-state index is 0.456. The quantitative estimate of drug-likeness (QED) is 0.546. The molecule has 0 amide bonds. The van der Waals surface area contributed by atoms with Crippen molar-refractivity contribution in [2.45, 2.75) is 59.8 Å². The van der Waals surface area contributed by atoms with E-state index in [4.69, 9.17) is 0 Å². The van der Waals surface area contributed by atoms with E-state index < -0.39 is 0 Å². The first-order valence-electron chi connectivity index (χ1n) is 5.74. The van der Waals surface area contributed by atoms with E-state index in [1.54, 1.807) is 5.57 Å². The highest BCUT2D eigenvalue weighted by Crippen LogP contribution is 2.38. The highest BCUT2D eigenvalue weighted by Gasteiger charge is 2.26. The lowest BCUT2D eigenvalue weighted by Gasteiger charge is -2.33. The molecule has 0 nitrogen and oxygen atoms in total. The predicted molar refractivity (Wildman–Crippen MR) is 59.8 cm³/mol. The number of hydrogen-bond donors (Lipinski definition) is 0. The fraction of sp³-hybridized carbons (Fsp3) is 0.846. The van der Waals surface area contributed by atoms with Crippen molar-refractivity contribution in [3.05, 3.63) is 11.6 Å². The Morgan fingerprint density at radius 3 is 2.38 bits per heavy atom. The molecule has 0 aromatic carbocycles. The normalized spacial score (nSPS) is 21.1. The van der Waals surface area contributed by atoms with Gasteiger partial charge in [-0.25, -0.2) is 0 Å². The summed E-state index contributed by atoms with van der Waals surface area (Å²) in [6.45, 7) is 9.44. The summed E-state index contributed by atoms with van der Waals surface area (Å²) < 4.78 is 0. The van der Waals surface area contributed by atoms with Crippen LogP contribution in [0.4, 0.5) is 0 Å². The van der Waals surface area contributed by atoms with Crippen LogP contribution in [0, 0.1) is 11.3 Å². The summed E-state index contributed by atoms with van der Waals surface area (Å²) in [7, 11) is 0. The Morgan fingerprint density at radius 1 is 1.31 bits per heavy atom. The van der Waals surface area contributed by atoms with Gasteiger partial charge in [-0.1, -0.05) is 39.3 Å². The van der Waals surface area contributed by atoms with E-state index in [2.05, 4.69) is 33.8 Å². The van der Waals surface area contributed by atoms with Gasteiger partial charge in [-0.05, 0) is 43.4 Å². The van der Waals surface area contributed by atoms with Gasteiger partial charge in [-0.2, -0.15) is 0 Å². The lowest BCUT2D eigenvalue weighted by atomic mass is 9.72. The van der Waals surface area contributed by atoms with Crippen molar-refractivity contribution in [2.75, 3.05) is 0 Å². The van der Waals surface area contributed by atoms with E-state index in [1.165, 1.54) is 32.1 Å². The summed E-state index contributed by atoms with van der Waals surface area (Å²) in [5.74, 6) is 0.813.